The molecule has 11 heavy (non-hydrogen) atoms. The van der Waals surface area contributed by atoms with Gasteiger partial charge in [-0.05, 0) is 20.8 Å². The molecule has 0 atom stereocenters. The fraction of sp³-hybridized carbons (Fsp3) is 0.667. The first-order valence-electron chi connectivity index (χ1n) is 4.24. The summed E-state index contributed by atoms with van der Waals surface area (Å²) in [7, 11) is 0. The molecule has 1 aliphatic heterocycles. The minimum atomic E-state index is 0.416. The first-order chi connectivity index (χ1) is 5.24. The Labute approximate surface area is 68.6 Å². The van der Waals surface area contributed by atoms with Gasteiger partial charge in [0.15, 0.2) is 0 Å². The third-order valence-corrected chi connectivity index (χ3v) is 1.67. The van der Waals surface area contributed by atoms with Gasteiger partial charge in [-0.3, -0.25) is 4.99 Å². The molecule has 1 heterocycles. The van der Waals surface area contributed by atoms with Crippen molar-refractivity contribution in [2.24, 2.45) is 4.99 Å². The molecule has 0 aromatic carbocycles. The molecule has 1 rings (SSSR count). The molecular formula is C9H16N2. The Kier molecular flexibility index (Phi) is 2.69. The summed E-state index contributed by atoms with van der Waals surface area (Å²) in [5.74, 6) is 1.21. The molecule has 0 bridgehead atoms. The van der Waals surface area contributed by atoms with Gasteiger partial charge in [0.2, 0.25) is 0 Å². The van der Waals surface area contributed by atoms with Crippen LogP contribution in [0.1, 0.15) is 27.2 Å². The van der Waals surface area contributed by atoms with Crippen LogP contribution in [0, 0.1) is 0 Å². The maximum Gasteiger partial charge on any atom is 0.107 e. The quantitative estimate of drug-likeness (QED) is 0.591. The zero-order chi connectivity index (χ0) is 8.27. The first kappa shape index (κ1) is 8.31. The molecular weight excluding hydrogens is 136 g/mol. The van der Waals surface area contributed by atoms with Gasteiger partial charge in [0, 0.05) is 25.2 Å². The minimum absolute atomic E-state index is 0.416. The largest absolute Gasteiger partial charge is 0.337 e. The van der Waals surface area contributed by atoms with Crippen molar-refractivity contribution in [1.29, 1.82) is 0 Å². The molecule has 0 fully saturated rings. The normalized spacial score (nSPS) is 20.7. The molecule has 0 amide bonds. The van der Waals surface area contributed by atoms with E-state index in [0.29, 0.717) is 6.04 Å². The second kappa shape index (κ2) is 3.56. The summed E-state index contributed by atoms with van der Waals surface area (Å²) < 4.78 is 0. The molecule has 2 nitrogen and oxygen atoms in total. The number of amidine groups is 1. The van der Waals surface area contributed by atoms with Gasteiger partial charge in [-0.25, -0.2) is 0 Å². The van der Waals surface area contributed by atoms with Crippen LogP contribution in [0.4, 0.5) is 0 Å². The van der Waals surface area contributed by atoms with Crippen molar-refractivity contribution >= 4 is 5.84 Å². The maximum atomic E-state index is 4.51. The summed E-state index contributed by atoms with van der Waals surface area (Å²) in [6, 6.07) is 0.416. The Morgan fingerprint density at radius 1 is 1.64 bits per heavy atom. The first-order valence-corrected chi connectivity index (χ1v) is 4.24. The van der Waals surface area contributed by atoms with E-state index >= 15 is 0 Å². The molecule has 0 N–H and O–H groups in total. The summed E-state index contributed by atoms with van der Waals surface area (Å²) in [4.78, 5) is 6.70. The highest BCUT2D eigenvalue weighted by Crippen LogP contribution is 2.08. The smallest absolute Gasteiger partial charge is 0.107 e. The third kappa shape index (κ3) is 2.07. The fourth-order valence-electron chi connectivity index (χ4n) is 1.20. The molecule has 0 aliphatic carbocycles. The number of aliphatic imine (C=N–C) groups is 1. The van der Waals surface area contributed by atoms with Crippen molar-refractivity contribution < 1.29 is 0 Å². The van der Waals surface area contributed by atoms with E-state index in [4.69, 9.17) is 0 Å². The van der Waals surface area contributed by atoms with E-state index in [-0.39, 0.29) is 0 Å². The van der Waals surface area contributed by atoms with Crippen LogP contribution in [0.3, 0.4) is 0 Å². The molecule has 1 aliphatic rings. The van der Waals surface area contributed by atoms with E-state index < -0.39 is 0 Å². The molecule has 0 aromatic heterocycles. The molecule has 0 spiro atoms. The summed E-state index contributed by atoms with van der Waals surface area (Å²) in [6.07, 6.45) is 5.28. The van der Waals surface area contributed by atoms with E-state index in [1.54, 1.807) is 0 Å². The fourth-order valence-corrected chi connectivity index (χ4v) is 1.20. The summed E-state index contributed by atoms with van der Waals surface area (Å²) >= 11 is 0. The Morgan fingerprint density at radius 2 is 2.36 bits per heavy atom. The lowest BCUT2D eigenvalue weighted by Crippen LogP contribution is -2.21. The van der Waals surface area contributed by atoms with E-state index in [1.807, 2.05) is 0 Å². The Balaban J connectivity index is 2.60. The average molecular weight is 152 g/mol. The molecule has 2 heteroatoms. The highest BCUT2D eigenvalue weighted by Gasteiger charge is 2.10. The zero-order valence-corrected chi connectivity index (χ0v) is 7.54. The van der Waals surface area contributed by atoms with E-state index in [9.17, 15) is 0 Å². The number of nitrogens with zero attached hydrogens (tertiary/aromatic N) is 2. The summed E-state index contributed by atoms with van der Waals surface area (Å²) in [5.41, 5.74) is 0. The summed E-state index contributed by atoms with van der Waals surface area (Å²) in [5, 5.41) is 0. The number of rotatable bonds is 2. The predicted octanol–water partition coefficient (Wildman–Crippen LogP) is 2.03. The Bertz CT molecular complexity index is 180. The van der Waals surface area contributed by atoms with Crippen LogP contribution in [0.25, 0.3) is 0 Å². The molecule has 0 aromatic rings. The second-order valence-corrected chi connectivity index (χ2v) is 3.01. The van der Waals surface area contributed by atoms with Crippen LogP contribution in [0.2, 0.25) is 0 Å². The van der Waals surface area contributed by atoms with Crippen LogP contribution in [0.15, 0.2) is 17.3 Å². The van der Waals surface area contributed by atoms with Crippen LogP contribution in [-0.4, -0.2) is 23.3 Å². The van der Waals surface area contributed by atoms with E-state index in [2.05, 4.69) is 42.9 Å². The van der Waals surface area contributed by atoms with Gasteiger partial charge in [-0.15, -0.1) is 0 Å². The van der Waals surface area contributed by atoms with E-state index in [0.717, 1.165) is 13.0 Å². The van der Waals surface area contributed by atoms with Crippen LogP contribution >= 0.6 is 0 Å². The highest BCUT2D eigenvalue weighted by atomic mass is 15.2. The molecule has 0 saturated carbocycles. The zero-order valence-electron chi connectivity index (χ0n) is 7.54. The monoisotopic (exact) mass is 152 g/mol. The predicted molar refractivity (Wildman–Crippen MR) is 48.7 cm³/mol. The lowest BCUT2D eigenvalue weighted by Gasteiger charge is -2.15. The minimum Gasteiger partial charge on any atom is -0.337 e. The van der Waals surface area contributed by atoms with Crippen molar-refractivity contribution in [2.75, 3.05) is 6.54 Å². The molecule has 0 radical (unpaired) electrons. The lowest BCUT2D eigenvalue weighted by atomic mass is 10.4. The third-order valence-electron chi connectivity index (χ3n) is 1.67. The lowest BCUT2D eigenvalue weighted by molar-refractivity contribution is 0.589. The van der Waals surface area contributed by atoms with Gasteiger partial charge in [-0.1, -0.05) is 6.08 Å². The molecule has 0 unspecified atom stereocenters. The van der Waals surface area contributed by atoms with Crippen molar-refractivity contribution in [3.63, 3.8) is 0 Å². The summed E-state index contributed by atoms with van der Waals surface area (Å²) in [6.45, 7) is 7.39. The van der Waals surface area contributed by atoms with E-state index in [1.165, 1.54) is 5.84 Å². The molecule has 0 saturated heterocycles. The van der Waals surface area contributed by atoms with Crippen LogP contribution in [0.5, 0.6) is 0 Å². The Morgan fingerprint density at radius 3 is 2.91 bits per heavy atom. The van der Waals surface area contributed by atoms with Gasteiger partial charge in [0.25, 0.3) is 0 Å². The molecule has 62 valence electrons. The topological polar surface area (TPSA) is 15.6 Å². The maximum absolute atomic E-state index is 4.51. The Hall–Kier alpha value is -0.790. The van der Waals surface area contributed by atoms with Gasteiger partial charge < -0.3 is 4.90 Å². The van der Waals surface area contributed by atoms with Gasteiger partial charge in [0.05, 0.1) is 0 Å². The van der Waals surface area contributed by atoms with Gasteiger partial charge in [-0.2, -0.15) is 0 Å². The SMILES string of the molecule is CCN1C=CCC1=NC(C)C. The van der Waals surface area contributed by atoms with Crippen LogP contribution in [-0.2, 0) is 0 Å². The van der Waals surface area contributed by atoms with Crippen molar-refractivity contribution in [1.82, 2.24) is 4.90 Å². The van der Waals surface area contributed by atoms with Crippen molar-refractivity contribution in [3.8, 4) is 0 Å². The van der Waals surface area contributed by atoms with Gasteiger partial charge >= 0.3 is 0 Å². The average Bonchev–Trinajstić information content (AvgIpc) is 2.34. The van der Waals surface area contributed by atoms with Crippen molar-refractivity contribution in [3.05, 3.63) is 12.3 Å². The second-order valence-electron chi connectivity index (χ2n) is 3.01. The standard InChI is InChI=1S/C9H16N2/c1-4-11-7-5-6-9(11)10-8(2)3/h5,7-8H,4,6H2,1-3H3. The number of hydrogen-bond donors (Lipinski definition) is 0. The van der Waals surface area contributed by atoms with Crippen molar-refractivity contribution in [2.45, 2.75) is 33.2 Å². The number of hydrogen-bond acceptors (Lipinski definition) is 1. The van der Waals surface area contributed by atoms with Crippen LogP contribution < -0.4 is 0 Å². The van der Waals surface area contributed by atoms with Gasteiger partial charge in [0.1, 0.15) is 5.84 Å². The highest BCUT2D eigenvalue weighted by molar-refractivity contribution is 5.86.